The minimum atomic E-state index is -3.54. The highest BCUT2D eigenvalue weighted by molar-refractivity contribution is 7.90. The molecule has 1 saturated heterocycles. The van der Waals surface area contributed by atoms with Gasteiger partial charge in [0.15, 0.2) is 0 Å². The summed E-state index contributed by atoms with van der Waals surface area (Å²) in [5, 5.41) is 0. The molecule has 0 aromatic heterocycles. The molecule has 0 radical (unpaired) electrons. The van der Waals surface area contributed by atoms with Gasteiger partial charge in [0, 0.05) is 6.42 Å². The van der Waals surface area contributed by atoms with Gasteiger partial charge in [-0.25, -0.2) is 13.1 Å². The lowest BCUT2D eigenvalue weighted by atomic mass is 9.91. The Hall–Kier alpha value is -1.40. The van der Waals surface area contributed by atoms with Crippen molar-refractivity contribution in [2.24, 2.45) is 5.92 Å². The topological polar surface area (TPSA) is 72.5 Å². The third-order valence-electron chi connectivity index (χ3n) is 4.96. The Balaban J connectivity index is 2.23. The van der Waals surface area contributed by atoms with Gasteiger partial charge in [0.25, 0.3) is 0 Å². The van der Waals surface area contributed by atoms with Crippen LogP contribution < -0.4 is 4.72 Å². The minimum Gasteiger partial charge on any atom is -0.460 e. The number of ether oxygens (including phenoxy) is 1. The smallest absolute Gasteiger partial charge is 0.306 e. The molecule has 1 heterocycles. The van der Waals surface area contributed by atoms with Crippen molar-refractivity contribution in [1.29, 1.82) is 0 Å². The van der Waals surface area contributed by atoms with Gasteiger partial charge in [-0.15, -0.1) is 0 Å². The summed E-state index contributed by atoms with van der Waals surface area (Å²) in [6.45, 7) is 7.05. The number of aryl methyl sites for hydroxylation is 1. The number of cyclic esters (lactones) is 1. The van der Waals surface area contributed by atoms with E-state index in [1.807, 2.05) is 37.3 Å². The van der Waals surface area contributed by atoms with Gasteiger partial charge in [-0.1, -0.05) is 37.3 Å². The van der Waals surface area contributed by atoms with Gasteiger partial charge in [0.2, 0.25) is 10.0 Å². The second-order valence-electron chi connectivity index (χ2n) is 8.19. The van der Waals surface area contributed by atoms with Crippen LogP contribution >= 0.6 is 0 Å². The van der Waals surface area contributed by atoms with Gasteiger partial charge in [-0.05, 0) is 57.9 Å². The van der Waals surface area contributed by atoms with Crippen molar-refractivity contribution < 1.29 is 17.9 Å². The number of hydrogen-bond donors (Lipinski definition) is 1. The van der Waals surface area contributed by atoms with E-state index >= 15 is 0 Å². The summed E-state index contributed by atoms with van der Waals surface area (Å²) in [5.41, 5.74) is 1.14. The Morgan fingerprint density at radius 1 is 1.23 bits per heavy atom. The molecule has 0 unspecified atom stereocenters. The predicted molar refractivity (Wildman–Crippen MR) is 103 cm³/mol. The number of nitrogens with one attached hydrogen (secondary N) is 1. The molecule has 1 fully saturated rings. The summed E-state index contributed by atoms with van der Waals surface area (Å²) in [6, 6.07) is 9.51. The quantitative estimate of drug-likeness (QED) is 0.766. The molecule has 1 N–H and O–H groups in total. The van der Waals surface area contributed by atoms with Crippen molar-refractivity contribution in [1.82, 2.24) is 4.72 Å². The first-order chi connectivity index (χ1) is 12.1. The predicted octanol–water partition coefficient (Wildman–Crippen LogP) is 3.44. The number of benzene rings is 1. The molecule has 0 amide bonds. The molecule has 26 heavy (non-hydrogen) atoms. The molecule has 0 aliphatic carbocycles. The molecule has 1 aliphatic rings. The molecule has 0 spiro atoms. The molecule has 6 heteroatoms. The summed E-state index contributed by atoms with van der Waals surface area (Å²) in [7, 11) is -3.54. The van der Waals surface area contributed by atoms with Crippen molar-refractivity contribution in [2.75, 3.05) is 0 Å². The average Bonchev–Trinajstić information content (AvgIpc) is 2.72. The lowest BCUT2D eigenvalue weighted by Gasteiger charge is -2.33. The van der Waals surface area contributed by atoms with E-state index in [0.29, 0.717) is 12.8 Å². The SMILES string of the molecule is C[C@H]1CCCC(=O)O[C@@H]1[C@H](CCc1ccccc1)NS(=O)(=O)C(C)(C)C. The third kappa shape index (κ3) is 5.55. The highest BCUT2D eigenvalue weighted by atomic mass is 32.2. The number of rotatable bonds is 6. The molecule has 1 aromatic rings. The standard InChI is InChI=1S/C20H31NO4S/c1-15-9-8-12-18(22)25-19(15)17(21-26(23,24)20(2,3)4)14-13-16-10-6-5-7-11-16/h5-7,10-11,15,17,19,21H,8-9,12-14H2,1-4H3/t15-,17-,19-/m0/s1. The van der Waals surface area contributed by atoms with Crippen LogP contribution in [0.4, 0.5) is 0 Å². The highest BCUT2D eigenvalue weighted by Crippen LogP contribution is 2.27. The van der Waals surface area contributed by atoms with Crippen LogP contribution in [0.1, 0.15) is 58.9 Å². The van der Waals surface area contributed by atoms with E-state index in [4.69, 9.17) is 4.74 Å². The monoisotopic (exact) mass is 381 g/mol. The summed E-state index contributed by atoms with van der Waals surface area (Å²) in [6.07, 6.45) is 2.91. The fourth-order valence-electron chi connectivity index (χ4n) is 3.17. The van der Waals surface area contributed by atoms with E-state index < -0.39 is 26.9 Å². The lowest BCUT2D eigenvalue weighted by molar-refractivity contribution is -0.151. The maximum atomic E-state index is 12.7. The van der Waals surface area contributed by atoms with Gasteiger partial charge in [0.1, 0.15) is 6.10 Å². The van der Waals surface area contributed by atoms with Crippen LogP contribution in [-0.4, -0.2) is 31.3 Å². The summed E-state index contributed by atoms with van der Waals surface area (Å²) in [4.78, 5) is 12.0. The highest BCUT2D eigenvalue weighted by Gasteiger charge is 2.38. The fraction of sp³-hybridized carbons (Fsp3) is 0.650. The molecule has 3 atom stereocenters. The minimum absolute atomic E-state index is 0.116. The summed E-state index contributed by atoms with van der Waals surface area (Å²) < 4.78 is 33.1. The zero-order valence-corrected chi connectivity index (χ0v) is 17.0. The Bertz CT molecular complexity index is 694. The van der Waals surface area contributed by atoms with E-state index in [2.05, 4.69) is 4.72 Å². The zero-order valence-electron chi connectivity index (χ0n) is 16.2. The molecule has 0 bridgehead atoms. The maximum Gasteiger partial charge on any atom is 0.306 e. The van der Waals surface area contributed by atoms with Crippen molar-refractivity contribution in [3.05, 3.63) is 35.9 Å². The molecule has 1 aliphatic heterocycles. The van der Waals surface area contributed by atoms with Crippen molar-refractivity contribution >= 4 is 16.0 Å². The average molecular weight is 382 g/mol. The first-order valence-corrected chi connectivity index (χ1v) is 10.8. The van der Waals surface area contributed by atoms with Crippen molar-refractivity contribution in [3.63, 3.8) is 0 Å². The number of carbonyl (C=O) groups excluding carboxylic acids is 1. The first kappa shape index (κ1) is 20.9. The zero-order chi connectivity index (χ0) is 19.4. The van der Waals surface area contributed by atoms with E-state index in [-0.39, 0.29) is 11.9 Å². The van der Waals surface area contributed by atoms with E-state index in [1.165, 1.54) is 0 Å². The van der Waals surface area contributed by atoms with Crippen LogP contribution in [0.3, 0.4) is 0 Å². The Morgan fingerprint density at radius 2 is 1.88 bits per heavy atom. The van der Waals surface area contributed by atoms with Gasteiger partial charge in [-0.3, -0.25) is 4.79 Å². The Kier molecular flexibility index (Phi) is 6.86. The second-order valence-corrected chi connectivity index (χ2v) is 10.7. The molecule has 1 aromatic carbocycles. The van der Waals surface area contributed by atoms with Gasteiger partial charge < -0.3 is 4.74 Å². The van der Waals surface area contributed by atoms with Crippen LogP contribution in [0.5, 0.6) is 0 Å². The molecular formula is C20H31NO4S. The third-order valence-corrected chi connectivity index (χ3v) is 7.19. The molecule has 2 rings (SSSR count). The van der Waals surface area contributed by atoms with Crippen LogP contribution in [0.2, 0.25) is 0 Å². The van der Waals surface area contributed by atoms with E-state index in [0.717, 1.165) is 24.8 Å². The normalized spacial score (nSPS) is 23.2. The number of esters is 1. The Labute approximate surface area is 157 Å². The lowest BCUT2D eigenvalue weighted by Crippen LogP contribution is -2.52. The van der Waals surface area contributed by atoms with Crippen LogP contribution in [0.15, 0.2) is 30.3 Å². The van der Waals surface area contributed by atoms with Crippen LogP contribution in [-0.2, 0) is 26.0 Å². The van der Waals surface area contributed by atoms with Gasteiger partial charge in [-0.2, -0.15) is 0 Å². The fourth-order valence-corrected chi connectivity index (χ4v) is 4.18. The van der Waals surface area contributed by atoms with Crippen molar-refractivity contribution in [2.45, 2.75) is 76.7 Å². The van der Waals surface area contributed by atoms with Crippen molar-refractivity contribution in [3.8, 4) is 0 Å². The van der Waals surface area contributed by atoms with E-state index in [1.54, 1.807) is 20.8 Å². The largest absolute Gasteiger partial charge is 0.460 e. The number of carbonyl (C=O) groups is 1. The molecule has 146 valence electrons. The Morgan fingerprint density at radius 3 is 2.50 bits per heavy atom. The first-order valence-electron chi connectivity index (χ1n) is 9.35. The second kappa shape index (κ2) is 8.53. The van der Waals surface area contributed by atoms with Crippen LogP contribution in [0.25, 0.3) is 0 Å². The molecule has 5 nitrogen and oxygen atoms in total. The number of sulfonamides is 1. The number of hydrogen-bond acceptors (Lipinski definition) is 4. The van der Waals surface area contributed by atoms with Gasteiger partial charge >= 0.3 is 5.97 Å². The van der Waals surface area contributed by atoms with Crippen LogP contribution in [0, 0.1) is 5.92 Å². The summed E-state index contributed by atoms with van der Waals surface area (Å²) in [5.74, 6) is -0.121. The van der Waals surface area contributed by atoms with Gasteiger partial charge in [0.05, 0.1) is 10.8 Å². The maximum absolute atomic E-state index is 12.7. The van der Waals surface area contributed by atoms with E-state index in [9.17, 15) is 13.2 Å². The molecular weight excluding hydrogens is 350 g/mol. The molecule has 0 saturated carbocycles. The summed E-state index contributed by atoms with van der Waals surface area (Å²) >= 11 is 0.